The van der Waals surface area contributed by atoms with E-state index in [2.05, 4.69) is 6.58 Å². The van der Waals surface area contributed by atoms with E-state index in [4.69, 9.17) is 4.74 Å². The molecule has 0 aliphatic heterocycles. The van der Waals surface area contributed by atoms with E-state index in [1.807, 2.05) is 6.08 Å². The molecule has 0 heterocycles. The standard InChI is InChI=1S/C13H22O3/c1-3-4-5-6-7-8-9-10-16-13(15)11-12(2)14/h3H,1,4-11H2,2H3. The maximum Gasteiger partial charge on any atom is 0.313 e. The largest absolute Gasteiger partial charge is 0.465 e. The number of unbranched alkanes of at least 4 members (excludes halogenated alkanes) is 5. The minimum Gasteiger partial charge on any atom is -0.465 e. The lowest BCUT2D eigenvalue weighted by Gasteiger charge is -2.03. The van der Waals surface area contributed by atoms with Gasteiger partial charge in [0, 0.05) is 0 Å². The number of esters is 1. The number of rotatable bonds is 10. The van der Waals surface area contributed by atoms with E-state index < -0.39 is 5.97 Å². The lowest BCUT2D eigenvalue weighted by Crippen LogP contribution is -2.09. The zero-order chi connectivity index (χ0) is 12.2. The normalized spacial score (nSPS) is 9.81. The smallest absolute Gasteiger partial charge is 0.313 e. The van der Waals surface area contributed by atoms with Crippen molar-refractivity contribution in [3.05, 3.63) is 12.7 Å². The Labute approximate surface area is 97.9 Å². The average Bonchev–Trinajstić information content (AvgIpc) is 2.21. The third-order valence-corrected chi connectivity index (χ3v) is 2.21. The van der Waals surface area contributed by atoms with Crippen LogP contribution in [0.2, 0.25) is 0 Å². The van der Waals surface area contributed by atoms with Gasteiger partial charge in [-0.3, -0.25) is 9.59 Å². The highest BCUT2D eigenvalue weighted by Crippen LogP contribution is 2.05. The van der Waals surface area contributed by atoms with E-state index in [0.717, 1.165) is 25.7 Å². The van der Waals surface area contributed by atoms with Crippen LogP contribution in [-0.2, 0) is 14.3 Å². The Bertz CT molecular complexity index is 221. The summed E-state index contributed by atoms with van der Waals surface area (Å²) in [6.45, 7) is 5.49. The average molecular weight is 226 g/mol. The molecule has 0 aromatic heterocycles. The zero-order valence-electron chi connectivity index (χ0n) is 10.2. The molecule has 92 valence electrons. The van der Waals surface area contributed by atoms with Crippen LogP contribution in [0.5, 0.6) is 0 Å². The number of carbonyl (C=O) groups excluding carboxylic acids is 2. The summed E-state index contributed by atoms with van der Waals surface area (Å²) in [4.78, 5) is 21.6. The van der Waals surface area contributed by atoms with Gasteiger partial charge < -0.3 is 4.74 Å². The monoisotopic (exact) mass is 226 g/mol. The molecule has 0 bridgehead atoms. The van der Waals surface area contributed by atoms with Gasteiger partial charge in [-0.15, -0.1) is 6.58 Å². The fraction of sp³-hybridized carbons (Fsp3) is 0.692. The topological polar surface area (TPSA) is 43.4 Å². The van der Waals surface area contributed by atoms with Crippen LogP contribution in [0.1, 0.15) is 51.9 Å². The van der Waals surface area contributed by atoms with E-state index in [1.165, 1.54) is 19.8 Å². The number of ether oxygens (including phenoxy) is 1. The molecular formula is C13H22O3. The number of Topliss-reactive ketones (excluding diaryl/α,β-unsaturated/α-hetero) is 1. The molecule has 0 atom stereocenters. The second-order valence-corrected chi connectivity index (χ2v) is 3.94. The van der Waals surface area contributed by atoms with Gasteiger partial charge in [0.2, 0.25) is 0 Å². The predicted molar refractivity (Wildman–Crippen MR) is 64.2 cm³/mol. The first-order valence-electron chi connectivity index (χ1n) is 5.92. The number of allylic oxidation sites excluding steroid dienone is 1. The highest BCUT2D eigenvalue weighted by molar-refractivity contribution is 5.94. The Balaban J connectivity index is 3.17. The van der Waals surface area contributed by atoms with Gasteiger partial charge in [-0.05, 0) is 26.2 Å². The summed E-state index contributed by atoms with van der Waals surface area (Å²) in [5.74, 6) is -0.548. The van der Waals surface area contributed by atoms with Gasteiger partial charge in [0.25, 0.3) is 0 Å². The Kier molecular flexibility index (Phi) is 9.67. The van der Waals surface area contributed by atoms with Crippen LogP contribution in [0, 0.1) is 0 Å². The van der Waals surface area contributed by atoms with Crippen LogP contribution < -0.4 is 0 Å². The van der Waals surface area contributed by atoms with Crippen LogP contribution in [0.3, 0.4) is 0 Å². The Morgan fingerprint density at radius 2 is 1.75 bits per heavy atom. The van der Waals surface area contributed by atoms with Crippen LogP contribution in [0.15, 0.2) is 12.7 Å². The van der Waals surface area contributed by atoms with Gasteiger partial charge in [-0.25, -0.2) is 0 Å². The second kappa shape index (κ2) is 10.4. The fourth-order valence-electron chi connectivity index (χ4n) is 1.36. The van der Waals surface area contributed by atoms with Gasteiger partial charge >= 0.3 is 5.97 Å². The Hall–Kier alpha value is -1.12. The summed E-state index contributed by atoms with van der Waals surface area (Å²) in [6.07, 6.45) is 8.43. The molecule has 0 amide bonds. The SMILES string of the molecule is C=CCCCCCCCOC(=O)CC(C)=O. The molecule has 0 saturated carbocycles. The molecule has 0 aliphatic rings. The maximum atomic E-state index is 11.0. The van der Waals surface area contributed by atoms with E-state index in [0.29, 0.717) is 6.61 Å². The fourth-order valence-corrected chi connectivity index (χ4v) is 1.36. The molecule has 3 nitrogen and oxygen atoms in total. The first-order chi connectivity index (χ1) is 7.66. The first kappa shape index (κ1) is 14.9. The molecule has 0 aromatic carbocycles. The summed E-state index contributed by atoms with van der Waals surface area (Å²) in [7, 11) is 0. The molecule has 0 aromatic rings. The zero-order valence-corrected chi connectivity index (χ0v) is 10.2. The maximum absolute atomic E-state index is 11.0. The molecule has 0 spiro atoms. The molecule has 0 aliphatic carbocycles. The van der Waals surface area contributed by atoms with Gasteiger partial charge in [-0.2, -0.15) is 0 Å². The third kappa shape index (κ3) is 11.0. The van der Waals surface area contributed by atoms with Crippen molar-refractivity contribution in [1.29, 1.82) is 0 Å². The van der Waals surface area contributed by atoms with Crippen molar-refractivity contribution in [2.45, 2.75) is 51.9 Å². The third-order valence-electron chi connectivity index (χ3n) is 2.21. The molecular weight excluding hydrogens is 204 g/mol. The Morgan fingerprint density at radius 1 is 1.12 bits per heavy atom. The molecule has 0 unspecified atom stereocenters. The Morgan fingerprint density at radius 3 is 2.38 bits per heavy atom. The molecule has 0 fully saturated rings. The van der Waals surface area contributed by atoms with Crippen molar-refractivity contribution >= 4 is 11.8 Å². The highest BCUT2D eigenvalue weighted by atomic mass is 16.5. The van der Waals surface area contributed by atoms with E-state index in [1.54, 1.807) is 0 Å². The molecule has 0 saturated heterocycles. The van der Waals surface area contributed by atoms with Crippen molar-refractivity contribution in [2.75, 3.05) is 6.61 Å². The van der Waals surface area contributed by atoms with Crippen molar-refractivity contribution in [3.63, 3.8) is 0 Å². The summed E-state index contributed by atoms with van der Waals surface area (Å²) in [5.41, 5.74) is 0. The quantitative estimate of drug-likeness (QED) is 0.249. The highest BCUT2D eigenvalue weighted by Gasteiger charge is 2.05. The summed E-state index contributed by atoms with van der Waals surface area (Å²) < 4.78 is 4.90. The summed E-state index contributed by atoms with van der Waals surface area (Å²) >= 11 is 0. The molecule has 0 radical (unpaired) electrons. The van der Waals surface area contributed by atoms with Crippen molar-refractivity contribution in [2.24, 2.45) is 0 Å². The predicted octanol–water partition coefficient (Wildman–Crippen LogP) is 3.04. The lowest BCUT2D eigenvalue weighted by atomic mass is 10.1. The molecule has 16 heavy (non-hydrogen) atoms. The first-order valence-corrected chi connectivity index (χ1v) is 5.92. The van der Waals surface area contributed by atoms with Crippen molar-refractivity contribution < 1.29 is 14.3 Å². The summed E-state index contributed by atoms with van der Waals surface area (Å²) in [5, 5.41) is 0. The molecule has 0 rings (SSSR count). The van der Waals surface area contributed by atoms with E-state index >= 15 is 0 Å². The van der Waals surface area contributed by atoms with Gasteiger partial charge in [0.15, 0.2) is 0 Å². The van der Waals surface area contributed by atoms with Gasteiger partial charge in [0.1, 0.15) is 12.2 Å². The number of hydrogen-bond donors (Lipinski definition) is 0. The number of carbonyl (C=O) groups is 2. The van der Waals surface area contributed by atoms with Crippen LogP contribution in [-0.4, -0.2) is 18.4 Å². The summed E-state index contributed by atoms with van der Waals surface area (Å²) in [6, 6.07) is 0. The molecule has 0 N–H and O–H groups in total. The van der Waals surface area contributed by atoms with Crippen LogP contribution in [0.25, 0.3) is 0 Å². The lowest BCUT2D eigenvalue weighted by molar-refractivity contribution is -0.145. The van der Waals surface area contributed by atoms with Crippen LogP contribution >= 0.6 is 0 Å². The van der Waals surface area contributed by atoms with Gasteiger partial charge in [-0.1, -0.05) is 25.3 Å². The van der Waals surface area contributed by atoms with E-state index in [-0.39, 0.29) is 12.2 Å². The molecule has 3 heteroatoms. The van der Waals surface area contributed by atoms with Crippen molar-refractivity contribution in [3.8, 4) is 0 Å². The van der Waals surface area contributed by atoms with E-state index in [9.17, 15) is 9.59 Å². The number of ketones is 1. The van der Waals surface area contributed by atoms with Gasteiger partial charge in [0.05, 0.1) is 6.61 Å². The minimum atomic E-state index is -0.404. The van der Waals surface area contributed by atoms with Crippen molar-refractivity contribution in [1.82, 2.24) is 0 Å². The second-order valence-electron chi connectivity index (χ2n) is 3.94. The van der Waals surface area contributed by atoms with Crippen LogP contribution in [0.4, 0.5) is 0 Å². The minimum absolute atomic E-state index is 0.0979. The number of hydrogen-bond acceptors (Lipinski definition) is 3.